The van der Waals surface area contributed by atoms with Crippen molar-refractivity contribution in [2.45, 2.75) is 12.1 Å². The van der Waals surface area contributed by atoms with Gasteiger partial charge in [-0.25, -0.2) is 10.1 Å². The van der Waals surface area contributed by atoms with Gasteiger partial charge in [-0.15, -0.1) is 10.2 Å². The summed E-state index contributed by atoms with van der Waals surface area (Å²) in [7, 11) is 3.08. The third kappa shape index (κ3) is 5.66. The molecule has 0 atom stereocenters. The van der Waals surface area contributed by atoms with Crippen molar-refractivity contribution in [2.75, 3.05) is 36.6 Å². The van der Waals surface area contributed by atoms with Gasteiger partial charge < -0.3 is 20.6 Å². The van der Waals surface area contributed by atoms with Crippen LogP contribution in [0.4, 0.5) is 11.6 Å². The molecular formula is C20H23N7O3S. The quantitative estimate of drug-likeness (QED) is 0.200. The minimum atomic E-state index is -0.257. The average molecular weight is 442 g/mol. The molecule has 0 aliphatic heterocycles. The van der Waals surface area contributed by atoms with E-state index in [1.165, 1.54) is 11.8 Å². The number of methoxy groups -OCH3 is 2. The highest BCUT2D eigenvalue weighted by Crippen LogP contribution is 2.29. The lowest BCUT2D eigenvalue weighted by Crippen LogP contribution is -2.17. The number of amides is 1. The van der Waals surface area contributed by atoms with Crippen molar-refractivity contribution in [1.29, 1.82) is 0 Å². The Bertz CT molecular complexity index is 1070. The Balaban J connectivity index is 1.59. The number of hydrogen-bond donors (Lipinski definition) is 3. The SMILES string of the molecule is COc1ccc(OC)c(NC(=O)CSc2nnc(N/N=C(\C)c3ccccc3)n2N)c1. The molecule has 0 saturated carbocycles. The van der Waals surface area contributed by atoms with Gasteiger partial charge in [0.25, 0.3) is 5.95 Å². The number of nitrogens with one attached hydrogen (secondary N) is 2. The summed E-state index contributed by atoms with van der Waals surface area (Å²) in [5, 5.41) is 15.4. The van der Waals surface area contributed by atoms with Gasteiger partial charge in [-0.3, -0.25) is 4.79 Å². The highest BCUT2D eigenvalue weighted by Gasteiger charge is 2.14. The van der Waals surface area contributed by atoms with E-state index >= 15 is 0 Å². The van der Waals surface area contributed by atoms with Gasteiger partial charge in [0.05, 0.1) is 31.4 Å². The largest absolute Gasteiger partial charge is 0.497 e. The van der Waals surface area contributed by atoms with Crippen LogP contribution >= 0.6 is 11.8 Å². The van der Waals surface area contributed by atoms with Gasteiger partial charge in [0.2, 0.25) is 11.1 Å². The smallest absolute Gasteiger partial charge is 0.264 e. The van der Waals surface area contributed by atoms with Crippen LogP contribution in [0.15, 0.2) is 58.8 Å². The Labute approximate surface area is 183 Å². The molecule has 4 N–H and O–H groups in total. The first-order chi connectivity index (χ1) is 15.0. The van der Waals surface area contributed by atoms with Crippen molar-refractivity contribution < 1.29 is 14.3 Å². The highest BCUT2D eigenvalue weighted by molar-refractivity contribution is 7.99. The van der Waals surface area contributed by atoms with E-state index in [1.54, 1.807) is 25.3 Å². The normalized spacial score (nSPS) is 11.1. The van der Waals surface area contributed by atoms with Crippen molar-refractivity contribution >= 4 is 35.0 Å². The number of ether oxygens (including phenoxy) is 2. The lowest BCUT2D eigenvalue weighted by molar-refractivity contribution is -0.113. The number of carbonyl (C=O) groups is 1. The van der Waals surface area contributed by atoms with Gasteiger partial charge in [0.1, 0.15) is 11.5 Å². The summed E-state index contributed by atoms with van der Waals surface area (Å²) in [4.78, 5) is 12.4. The van der Waals surface area contributed by atoms with Gasteiger partial charge in [-0.1, -0.05) is 42.1 Å². The minimum Gasteiger partial charge on any atom is -0.497 e. The van der Waals surface area contributed by atoms with Crippen molar-refractivity contribution in [3.05, 3.63) is 54.1 Å². The predicted octanol–water partition coefficient (Wildman–Crippen LogP) is 2.58. The fourth-order valence-electron chi connectivity index (χ4n) is 2.56. The highest BCUT2D eigenvalue weighted by atomic mass is 32.2. The standard InChI is InChI=1S/C20H23N7O3S/c1-13(14-7-5-4-6-8-14)23-24-19-25-26-20(27(19)21)31-12-18(28)22-16-11-15(29-2)9-10-17(16)30-3/h4-11H,12,21H2,1-3H3,(H,22,28)(H,24,25)/b23-13+. The number of nitrogen functional groups attached to an aromatic ring is 1. The molecule has 0 aliphatic carbocycles. The number of rotatable bonds is 9. The number of anilines is 2. The van der Waals surface area contributed by atoms with E-state index < -0.39 is 0 Å². The van der Waals surface area contributed by atoms with E-state index in [4.69, 9.17) is 15.3 Å². The number of hydrogen-bond acceptors (Lipinski definition) is 9. The second-order valence-corrected chi connectivity index (χ2v) is 7.20. The maximum Gasteiger partial charge on any atom is 0.264 e. The summed E-state index contributed by atoms with van der Waals surface area (Å²) >= 11 is 1.14. The van der Waals surface area contributed by atoms with Crippen LogP contribution in [0.3, 0.4) is 0 Å². The van der Waals surface area contributed by atoms with E-state index in [1.807, 2.05) is 37.3 Å². The number of nitrogens with two attached hydrogens (primary N) is 1. The molecule has 1 amide bonds. The number of aromatic nitrogens is 3. The summed E-state index contributed by atoms with van der Waals surface area (Å²) in [6.07, 6.45) is 0. The van der Waals surface area contributed by atoms with Gasteiger partial charge in [-0.2, -0.15) is 5.10 Å². The average Bonchev–Trinajstić information content (AvgIpc) is 3.15. The van der Waals surface area contributed by atoms with E-state index in [0.717, 1.165) is 23.0 Å². The topological polar surface area (TPSA) is 129 Å². The Hall–Kier alpha value is -3.73. The first-order valence-electron chi connectivity index (χ1n) is 9.22. The third-order valence-corrected chi connectivity index (χ3v) is 5.14. The molecule has 0 saturated heterocycles. The molecule has 0 unspecified atom stereocenters. The number of thioether (sulfide) groups is 1. The van der Waals surface area contributed by atoms with Crippen LogP contribution in [0, 0.1) is 0 Å². The first-order valence-corrected chi connectivity index (χ1v) is 10.2. The van der Waals surface area contributed by atoms with Crippen LogP contribution < -0.4 is 26.1 Å². The summed E-state index contributed by atoms with van der Waals surface area (Å²) in [6, 6.07) is 14.8. The minimum absolute atomic E-state index is 0.0714. The molecule has 162 valence electrons. The second-order valence-electron chi connectivity index (χ2n) is 6.25. The number of carbonyl (C=O) groups excluding carboxylic acids is 1. The lowest BCUT2D eigenvalue weighted by Gasteiger charge is -2.11. The zero-order chi connectivity index (χ0) is 22.2. The van der Waals surface area contributed by atoms with Gasteiger partial charge in [0, 0.05) is 6.07 Å². The maximum atomic E-state index is 12.4. The molecule has 0 aliphatic rings. The third-order valence-electron chi connectivity index (χ3n) is 4.19. The van der Waals surface area contributed by atoms with Crippen LogP contribution in [0.2, 0.25) is 0 Å². The van der Waals surface area contributed by atoms with Crippen molar-refractivity contribution in [1.82, 2.24) is 14.9 Å². The number of benzene rings is 2. The molecule has 3 aromatic rings. The predicted molar refractivity (Wildman–Crippen MR) is 121 cm³/mol. The number of hydrazone groups is 1. The van der Waals surface area contributed by atoms with Crippen molar-refractivity contribution in [2.24, 2.45) is 5.10 Å². The molecule has 1 aromatic heterocycles. The Morgan fingerprint density at radius 3 is 2.65 bits per heavy atom. The monoisotopic (exact) mass is 441 g/mol. The zero-order valence-corrected chi connectivity index (χ0v) is 18.1. The summed E-state index contributed by atoms with van der Waals surface area (Å²) in [6.45, 7) is 1.87. The Kier molecular flexibility index (Phi) is 7.33. The van der Waals surface area contributed by atoms with Crippen LogP contribution in [0.1, 0.15) is 12.5 Å². The Morgan fingerprint density at radius 1 is 1.16 bits per heavy atom. The summed E-state index contributed by atoms with van der Waals surface area (Å²) in [5.74, 6) is 7.22. The second kappa shape index (κ2) is 10.3. The molecule has 1 heterocycles. The fraction of sp³-hybridized carbons (Fsp3) is 0.200. The van der Waals surface area contributed by atoms with Crippen LogP contribution in [0.5, 0.6) is 11.5 Å². The van der Waals surface area contributed by atoms with Crippen LogP contribution in [-0.4, -0.2) is 46.5 Å². The molecule has 0 fully saturated rings. The van der Waals surface area contributed by atoms with Gasteiger partial charge >= 0.3 is 0 Å². The molecule has 3 rings (SSSR count). The zero-order valence-electron chi connectivity index (χ0n) is 17.3. The van der Waals surface area contributed by atoms with E-state index in [-0.39, 0.29) is 17.6 Å². The maximum absolute atomic E-state index is 12.4. The fourth-order valence-corrected chi connectivity index (χ4v) is 3.21. The van der Waals surface area contributed by atoms with Gasteiger partial charge in [-0.05, 0) is 24.6 Å². The van der Waals surface area contributed by atoms with Gasteiger partial charge in [0.15, 0.2) is 0 Å². The van der Waals surface area contributed by atoms with Crippen LogP contribution in [0.25, 0.3) is 0 Å². The van der Waals surface area contributed by atoms with E-state index in [0.29, 0.717) is 22.3 Å². The van der Waals surface area contributed by atoms with E-state index in [9.17, 15) is 4.79 Å². The molecule has 0 spiro atoms. The summed E-state index contributed by atoms with van der Waals surface area (Å²) < 4.78 is 11.7. The van der Waals surface area contributed by atoms with E-state index in [2.05, 4.69) is 26.0 Å². The van der Waals surface area contributed by atoms with Crippen molar-refractivity contribution in [3.8, 4) is 11.5 Å². The van der Waals surface area contributed by atoms with Crippen LogP contribution in [-0.2, 0) is 4.79 Å². The molecular weight excluding hydrogens is 418 g/mol. The molecule has 0 bridgehead atoms. The molecule has 11 heteroatoms. The molecule has 0 radical (unpaired) electrons. The lowest BCUT2D eigenvalue weighted by atomic mass is 10.1. The first kappa shape index (κ1) is 22.0. The summed E-state index contributed by atoms with van der Waals surface area (Å²) in [5.41, 5.74) is 5.04. The Morgan fingerprint density at radius 2 is 1.94 bits per heavy atom. The molecule has 31 heavy (non-hydrogen) atoms. The molecule has 2 aromatic carbocycles. The molecule has 10 nitrogen and oxygen atoms in total. The number of nitrogens with zero attached hydrogens (tertiary/aromatic N) is 4. The van der Waals surface area contributed by atoms with Crippen molar-refractivity contribution in [3.63, 3.8) is 0 Å².